The Hall–Kier alpha value is -0.900. The van der Waals surface area contributed by atoms with E-state index in [0.717, 1.165) is 0 Å². The predicted octanol–water partition coefficient (Wildman–Crippen LogP) is 1.08. The van der Waals surface area contributed by atoms with E-state index in [-0.39, 0.29) is 29.9 Å². The molecule has 0 radical (unpaired) electrons. The SMILES string of the molecule is CC[C@H](C(C)=O)C(O)[C@H](C)CC(=O)N(C)C. The first-order chi connectivity index (χ1) is 7.31. The highest BCUT2D eigenvalue weighted by molar-refractivity contribution is 5.79. The van der Waals surface area contributed by atoms with E-state index in [1.807, 2.05) is 6.92 Å². The molecule has 4 heteroatoms. The van der Waals surface area contributed by atoms with Gasteiger partial charge >= 0.3 is 0 Å². The van der Waals surface area contributed by atoms with E-state index in [0.29, 0.717) is 6.42 Å². The summed E-state index contributed by atoms with van der Waals surface area (Å²) in [4.78, 5) is 24.3. The van der Waals surface area contributed by atoms with Gasteiger partial charge in [0.15, 0.2) is 0 Å². The number of ketones is 1. The van der Waals surface area contributed by atoms with Gasteiger partial charge in [-0.25, -0.2) is 0 Å². The molecule has 1 N–H and O–H groups in total. The van der Waals surface area contributed by atoms with Crippen LogP contribution in [0.3, 0.4) is 0 Å². The highest BCUT2D eigenvalue weighted by Crippen LogP contribution is 2.20. The quantitative estimate of drug-likeness (QED) is 0.741. The maximum absolute atomic E-state index is 11.5. The Labute approximate surface area is 97.6 Å². The molecule has 0 spiro atoms. The summed E-state index contributed by atoms with van der Waals surface area (Å²) in [6.07, 6.45) is 0.154. The summed E-state index contributed by atoms with van der Waals surface area (Å²) in [6.45, 7) is 5.16. The van der Waals surface area contributed by atoms with Crippen molar-refractivity contribution in [3.63, 3.8) is 0 Å². The van der Waals surface area contributed by atoms with Crippen molar-refractivity contribution in [3.05, 3.63) is 0 Å². The molecule has 0 aliphatic rings. The van der Waals surface area contributed by atoms with Crippen molar-refractivity contribution in [2.75, 3.05) is 14.1 Å². The summed E-state index contributed by atoms with van der Waals surface area (Å²) in [5, 5.41) is 9.99. The van der Waals surface area contributed by atoms with Crippen LogP contribution in [0.5, 0.6) is 0 Å². The van der Waals surface area contributed by atoms with Gasteiger partial charge < -0.3 is 10.0 Å². The molecule has 0 aliphatic heterocycles. The molecule has 16 heavy (non-hydrogen) atoms. The number of aliphatic hydroxyl groups excluding tert-OH is 1. The minimum atomic E-state index is -0.730. The van der Waals surface area contributed by atoms with Crippen LogP contribution in [0.25, 0.3) is 0 Å². The Bertz CT molecular complexity index is 251. The van der Waals surface area contributed by atoms with E-state index in [2.05, 4.69) is 0 Å². The van der Waals surface area contributed by atoms with Gasteiger partial charge in [0.2, 0.25) is 5.91 Å². The number of hydrogen-bond donors (Lipinski definition) is 1. The monoisotopic (exact) mass is 229 g/mol. The zero-order chi connectivity index (χ0) is 12.9. The Kier molecular flexibility index (Phi) is 6.26. The highest BCUT2D eigenvalue weighted by atomic mass is 16.3. The zero-order valence-corrected chi connectivity index (χ0v) is 10.9. The molecule has 0 bridgehead atoms. The van der Waals surface area contributed by atoms with E-state index in [1.165, 1.54) is 11.8 Å². The lowest BCUT2D eigenvalue weighted by Gasteiger charge is -2.25. The van der Waals surface area contributed by atoms with Gasteiger partial charge in [0.1, 0.15) is 5.78 Å². The summed E-state index contributed by atoms with van der Waals surface area (Å²) in [7, 11) is 3.37. The van der Waals surface area contributed by atoms with Gasteiger partial charge in [-0.2, -0.15) is 0 Å². The molecule has 0 saturated carbocycles. The number of amides is 1. The number of nitrogens with zero attached hydrogens (tertiary/aromatic N) is 1. The van der Waals surface area contributed by atoms with Crippen LogP contribution >= 0.6 is 0 Å². The number of aliphatic hydroxyl groups is 1. The molecular weight excluding hydrogens is 206 g/mol. The zero-order valence-electron chi connectivity index (χ0n) is 10.9. The molecule has 0 saturated heterocycles. The van der Waals surface area contributed by atoms with Crippen molar-refractivity contribution in [3.8, 4) is 0 Å². The van der Waals surface area contributed by atoms with Crippen molar-refractivity contribution < 1.29 is 14.7 Å². The second-order valence-corrected chi connectivity index (χ2v) is 4.59. The molecule has 0 aliphatic carbocycles. The average molecular weight is 229 g/mol. The minimum absolute atomic E-state index is 0.0147. The van der Waals surface area contributed by atoms with Crippen LogP contribution in [-0.4, -0.2) is 41.9 Å². The van der Waals surface area contributed by atoms with E-state index in [9.17, 15) is 14.7 Å². The van der Waals surface area contributed by atoms with Crippen LogP contribution < -0.4 is 0 Å². The largest absolute Gasteiger partial charge is 0.392 e. The lowest BCUT2D eigenvalue weighted by molar-refractivity contribution is -0.133. The summed E-state index contributed by atoms with van der Waals surface area (Å²) in [5.41, 5.74) is 0. The fourth-order valence-electron chi connectivity index (χ4n) is 1.74. The number of Topliss-reactive ketones (excluding diaryl/α,β-unsaturated/α-hetero) is 1. The molecule has 0 heterocycles. The number of rotatable bonds is 6. The normalized spacial score (nSPS) is 16.4. The molecular formula is C12H23NO3. The van der Waals surface area contributed by atoms with Crippen LogP contribution in [0.15, 0.2) is 0 Å². The van der Waals surface area contributed by atoms with Crippen molar-refractivity contribution in [1.82, 2.24) is 4.90 Å². The third-order valence-corrected chi connectivity index (χ3v) is 2.95. The fourth-order valence-corrected chi connectivity index (χ4v) is 1.74. The molecule has 0 rings (SSSR count). The third-order valence-electron chi connectivity index (χ3n) is 2.95. The Morgan fingerprint density at radius 1 is 1.31 bits per heavy atom. The molecule has 4 nitrogen and oxygen atoms in total. The van der Waals surface area contributed by atoms with Gasteiger partial charge in [0.25, 0.3) is 0 Å². The Balaban J connectivity index is 4.42. The molecule has 3 atom stereocenters. The standard InChI is InChI=1S/C12H23NO3/c1-6-10(9(3)14)12(16)8(2)7-11(15)13(4)5/h8,10,12,16H,6-7H2,1-5H3/t8-,10-,12?/m1/s1. The predicted molar refractivity (Wildman–Crippen MR) is 62.9 cm³/mol. The molecule has 94 valence electrons. The molecule has 0 aromatic heterocycles. The second-order valence-electron chi connectivity index (χ2n) is 4.59. The van der Waals surface area contributed by atoms with E-state index >= 15 is 0 Å². The van der Waals surface area contributed by atoms with Gasteiger partial charge in [0.05, 0.1) is 6.10 Å². The lowest BCUT2D eigenvalue weighted by atomic mass is 9.85. The summed E-state index contributed by atoms with van der Waals surface area (Å²) in [5.74, 6) is -0.585. The first-order valence-corrected chi connectivity index (χ1v) is 5.69. The van der Waals surface area contributed by atoms with Crippen LogP contribution in [-0.2, 0) is 9.59 Å². The number of hydrogen-bond acceptors (Lipinski definition) is 3. The van der Waals surface area contributed by atoms with Crippen molar-refractivity contribution in [1.29, 1.82) is 0 Å². The first-order valence-electron chi connectivity index (χ1n) is 5.69. The maximum atomic E-state index is 11.5. The minimum Gasteiger partial charge on any atom is -0.392 e. The molecule has 0 aromatic rings. The lowest BCUT2D eigenvalue weighted by Crippen LogP contribution is -2.35. The summed E-state index contributed by atoms with van der Waals surface area (Å²) >= 11 is 0. The van der Waals surface area contributed by atoms with Crippen LogP contribution in [0.1, 0.15) is 33.6 Å². The molecule has 1 amide bonds. The van der Waals surface area contributed by atoms with E-state index in [1.54, 1.807) is 21.0 Å². The number of carbonyl (C=O) groups is 2. The van der Waals surface area contributed by atoms with Crippen molar-refractivity contribution >= 4 is 11.7 Å². The maximum Gasteiger partial charge on any atom is 0.222 e. The fraction of sp³-hybridized carbons (Fsp3) is 0.833. The second kappa shape index (κ2) is 6.63. The first kappa shape index (κ1) is 15.1. The summed E-state index contributed by atoms with van der Waals surface area (Å²) in [6, 6.07) is 0. The molecule has 0 fully saturated rings. The summed E-state index contributed by atoms with van der Waals surface area (Å²) < 4.78 is 0. The van der Waals surface area contributed by atoms with Gasteiger partial charge in [-0.15, -0.1) is 0 Å². The topological polar surface area (TPSA) is 57.6 Å². The third kappa shape index (κ3) is 4.31. The Morgan fingerprint density at radius 3 is 2.12 bits per heavy atom. The van der Waals surface area contributed by atoms with Crippen LogP contribution in [0, 0.1) is 11.8 Å². The van der Waals surface area contributed by atoms with Crippen molar-refractivity contribution in [2.45, 2.75) is 39.7 Å². The van der Waals surface area contributed by atoms with Crippen molar-refractivity contribution in [2.24, 2.45) is 11.8 Å². The van der Waals surface area contributed by atoms with E-state index < -0.39 is 6.10 Å². The van der Waals surface area contributed by atoms with Gasteiger partial charge in [-0.1, -0.05) is 13.8 Å². The number of carbonyl (C=O) groups excluding carboxylic acids is 2. The highest BCUT2D eigenvalue weighted by Gasteiger charge is 2.28. The van der Waals surface area contributed by atoms with Crippen LogP contribution in [0.4, 0.5) is 0 Å². The van der Waals surface area contributed by atoms with Gasteiger partial charge in [-0.05, 0) is 19.3 Å². The average Bonchev–Trinajstić information content (AvgIpc) is 2.17. The molecule has 1 unspecified atom stereocenters. The smallest absolute Gasteiger partial charge is 0.222 e. The van der Waals surface area contributed by atoms with Crippen LogP contribution in [0.2, 0.25) is 0 Å². The van der Waals surface area contributed by atoms with Gasteiger partial charge in [0, 0.05) is 26.4 Å². The van der Waals surface area contributed by atoms with E-state index in [4.69, 9.17) is 0 Å². The Morgan fingerprint density at radius 2 is 1.81 bits per heavy atom. The van der Waals surface area contributed by atoms with Gasteiger partial charge in [-0.3, -0.25) is 9.59 Å². The molecule has 0 aromatic carbocycles.